The van der Waals surface area contributed by atoms with E-state index in [1.807, 2.05) is 0 Å². The fourth-order valence-corrected chi connectivity index (χ4v) is 3.46. The molecule has 1 atom stereocenters. The minimum absolute atomic E-state index is 0.307. The van der Waals surface area contributed by atoms with Gasteiger partial charge in [0.15, 0.2) is 5.11 Å². The second-order valence-electron chi connectivity index (χ2n) is 6.50. The van der Waals surface area contributed by atoms with E-state index in [0.29, 0.717) is 11.2 Å². The number of ether oxygens (including phenoxy) is 1. The van der Waals surface area contributed by atoms with Gasteiger partial charge < -0.3 is 15.4 Å². The van der Waals surface area contributed by atoms with Crippen molar-refractivity contribution in [1.29, 1.82) is 0 Å². The van der Waals surface area contributed by atoms with Crippen LogP contribution in [0.2, 0.25) is 0 Å². The van der Waals surface area contributed by atoms with Crippen LogP contribution in [-0.2, 0) is 11.3 Å². The van der Waals surface area contributed by atoms with Gasteiger partial charge in [-0.2, -0.15) is 0 Å². The zero-order valence-corrected chi connectivity index (χ0v) is 14.5. The van der Waals surface area contributed by atoms with Gasteiger partial charge in [-0.3, -0.25) is 4.90 Å². The molecule has 1 aromatic rings. The Balaban J connectivity index is 1.42. The van der Waals surface area contributed by atoms with Crippen LogP contribution in [0.3, 0.4) is 0 Å². The number of benzene rings is 1. The number of hydrogen-bond acceptors (Lipinski definition) is 3. The van der Waals surface area contributed by atoms with Gasteiger partial charge in [-0.25, -0.2) is 0 Å². The summed E-state index contributed by atoms with van der Waals surface area (Å²) in [6, 6.07) is 8.61. The highest BCUT2D eigenvalue weighted by Crippen LogP contribution is 2.15. The summed E-state index contributed by atoms with van der Waals surface area (Å²) in [5, 5.41) is 7.16. The predicted molar refractivity (Wildman–Crippen MR) is 98.8 cm³/mol. The number of nitrogens with zero attached hydrogens (tertiary/aromatic N) is 1. The van der Waals surface area contributed by atoms with Crippen molar-refractivity contribution in [1.82, 2.24) is 10.2 Å². The van der Waals surface area contributed by atoms with Crippen LogP contribution in [-0.4, -0.2) is 42.4 Å². The molecule has 4 nitrogen and oxygen atoms in total. The van der Waals surface area contributed by atoms with Crippen molar-refractivity contribution < 1.29 is 4.74 Å². The summed E-state index contributed by atoms with van der Waals surface area (Å²) in [7, 11) is 0. The minimum atomic E-state index is 0.307. The van der Waals surface area contributed by atoms with Crippen LogP contribution in [0.25, 0.3) is 0 Å². The third-order valence-corrected chi connectivity index (χ3v) is 4.83. The molecule has 2 N–H and O–H groups in total. The summed E-state index contributed by atoms with van der Waals surface area (Å²) in [5.74, 6) is 0. The van der Waals surface area contributed by atoms with E-state index in [2.05, 4.69) is 39.8 Å². The number of thiocarbonyl (C=S) groups is 1. The Hall–Kier alpha value is -1.17. The lowest BCUT2D eigenvalue weighted by Gasteiger charge is -2.26. The summed E-state index contributed by atoms with van der Waals surface area (Å²) in [5.41, 5.74) is 2.41. The lowest BCUT2D eigenvalue weighted by molar-refractivity contribution is 0.114. The lowest BCUT2D eigenvalue weighted by atomic mass is 10.1. The number of rotatable bonds is 5. The van der Waals surface area contributed by atoms with Crippen LogP contribution < -0.4 is 10.6 Å². The van der Waals surface area contributed by atoms with Crippen molar-refractivity contribution in [3.05, 3.63) is 29.8 Å². The van der Waals surface area contributed by atoms with Crippen molar-refractivity contribution in [3.63, 3.8) is 0 Å². The molecule has 0 unspecified atom stereocenters. The first-order valence-electron chi connectivity index (χ1n) is 8.77. The summed E-state index contributed by atoms with van der Waals surface area (Å²) < 4.78 is 5.59. The Bertz CT molecular complexity index is 493. The molecule has 0 bridgehead atoms. The molecule has 2 heterocycles. The van der Waals surface area contributed by atoms with Crippen LogP contribution in [0.4, 0.5) is 5.69 Å². The molecule has 1 aromatic carbocycles. The lowest BCUT2D eigenvalue weighted by Crippen LogP contribution is -2.34. The highest BCUT2D eigenvalue weighted by molar-refractivity contribution is 7.80. The SMILES string of the molecule is S=C(NC[C@H]1CCCO1)Nc1ccc(CN2CCCCC2)cc1. The standard InChI is InChI=1S/C18H27N3OS/c23-18(19-13-17-5-4-12-22-17)20-16-8-6-15(7-9-16)14-21-10-2-1-3-11-21/h6-9,17H,1-5,10-14H2,(H2,19,20,23)/t17-/m1/s1. The topological polar surface area (TPSA) is 36.5 Å². The maximum Gasteiger partial charge on any atom is 0.170 e. The number of piperidine rings is 1. The number of nitrogens with one attached hydrogen (secondary N) is 2. The van der Waals surface area contributed by atoms with E-state index in [-0.39, 0.29) is 0 Å². The molecule has 2 saturated heterocycles. The Morgan fingerprint density at radius 1 is 1.13 bits per heavy atom. The van der Waals surface area contributed by atoms with E-state index in [1.54, 1.807) is 0 Å². The molecule has 0 aromatic heterocycles. The first-order chi connectivity index (χ1) is 11.3. The number of anilines is 1. The van der Waals surface area contributed by atoms with Crippen LogP contribution in [0.15, 0.2) is 24.3 Å². The monoisotopic (exact) mass is 333 g/mol. The van der Waals surface area contributed by atoms with Crippen molar-refractivity contribution in [2.45, 2.75) is 44.8 Å². The number of likely N-dealkylation sites (tertiary alicyclic amines) is 1. The Morgan fingerprint density at radius 2 is 1.91 bits per heavy atom. The van der Waals surface area contributed by atoms with Crippen LogP contribution in [0, 0.1) is 0 Å². The van der Waals surface area contributed by atoms with Crippen molar-refractivity contribution in [2.24, 2.45) is 0 Å². The van der Waals surface area contributed by atoms with E-state index < -0.39 is 0 Å². The Kier molecular flexibility index (Phi) is 6.25. The molecular formula is C18H27N3OS. The summed E-state index contributed by atoms with van der Waals surface area (Å²) >= 11 is 5.35. The number of hydrogen-bond donors (Lipinski definition) is 2. The first-order valence-corrected chi connectivity index (χ1v) is 9.18. The molecule has 5 heteroatoms. The van der Waals surface area contributed by atoms with Gasteiger partial charge in [0.05, 0.1) is 6.10 Å². The quantitative estimate of drug-likeness (QED) is 0.810. The molecule has 0 amide bonds. The van der Waals surface area contributed by atoms with Crippen LogP contribution in [0.1, 0.15) is 37.7 Å². The Labute approximate surface area is 144 Å². The second kappa shape index (κ2) is 8.62. The van der Waals surface area contributed by atoms with E-state index in [0.717, 1.165) is 38.2 Å². The van der Waals surface area contributed by atoms with Crippen molar-refractivity contribution in [3.8, 4) is 0 Å². The average molecular weight is 334 g/mol. The second-order valence-corrected chi connectivity index (χ2v) is 6.91. The van der Waals surface area contributed by atoms with E-state index >= 15 is 0 Å². The molecule has 0 aliphatic carbocycles. The summed E-state index contributed by atoms with van der Waals surface area (Å²) in [6.45, 7) is 5.19. The average Bonchev–Trinajstić information content (AvgIpc) is 3.09. The molecule has 23 heavy (non-hydrogen) atoms. The van der Waals surface area contributed by atoms with Gasteiger partial charge in [0.2, 0.25) is 0 Å². The molecule has 2 aliphatic rings. The normalized spacial score (nSPS) is 22.0. The van der Waals surface area contributed by atoms with Gasteiger partial charge in [0.1, 0.15) is 0 Å². The molecule has 0 saturated carbocycles. The maximum absolute atomic E-state index is 5.59. The molecular weight excluding hydrogens is 306 g/mol. The van der Waals surface area contributed by atoms with Gasteiger partial charge in [0.25, 0.3) is 0 Å². The Morgan fingerprint density at radius 3 is 2.61 bits per heavy atom. The first kappa shape index (κ1) is 16.7. The minimum Gasteiger partial charge on any atom is -0.376 e. The maximum atomic E-state index is 5.59. The highest BCUT2D eigenvalue weighted by Gasteiger charge is 2.15. The third kappa shape index (κ3) is 5.44. The smallest absolute Gasteiger partial charge is 0.170 e. The third-order valence-electron chi connectivity index (χ3n) is 4.58. The predicted octanol–water partition coefficient (Wildman–Crippen LogP) is 3.14. The van der Waals surface area contributed by atoms with E-state index in [1.165, 1.54) is 37.9 Å². The zero-order valence-electron chi connectivity index (χ0n) is 13.7. The van der Waals surface area contributed by atoms with Crippen LogP contribution in [0.5, 0.6) is 0 Å². The van der Waals surface area contributed by atoms with Crippen molar-refractivity contribution in [2.75, 3.05) is 31.6 Å². The molecule has 2 aliphatic heterocycles. The van der Waals surface area contributed by atoms with E-state index in [4.69, 9.17) is 17.0 Å². The highest BCUT2D eigenvalue weighted by atomic mass is 32.1. The van der Waals surface area contributed by atoms with E-state index in [9.17, 15) is 0 Å². The summed E-state index contributed by atoms with van der Waals surface area (Å²) in [4.78, 5) is 2.54. The molecule has 3 rings (SSSR count). The summed E-state index contributed by atoms with van der Waals surface area (Å²) in [6.07, 6.45) is 6.65. The van der Waals surface area contributed by atoms with Gasteiger partial charge >= 0.3 is 0 Å². The van der Waals surface area contributed by atoms with Gasteiger partial charge in [-0.05, 0) is 68.7 Å². The van der Waals surface area contributed by atoms with Crippen molar-refractivity contribution >= 4 is 23.0 Å². The van der Waals surface area contributed by atoms with Gasteiger partial charge in [-0.15, -0.1) is 0 Å². The fraction of sp³-hybridized carbons (Fsp3) is 0.611. The van der Waals surface area contributed by atoms with Gasteiger partial charge in [0, 0.05) is 25.4 Å². The molecule has 2 fully saturated rings. The zero-order chi connectivity index (χ0) is 15.9. The largest absolute Gasteiger partial charge is 0.376 e. The fourth-order valence-electron chi connectivity index (χ4n) is 3.26. The molecule has 0 spiro atoms. The molecule has 0 radical (unpaired) electrons. The molecule has 126 valence electrons. The van der Waals surface area contributed by atoms with Crippen LogP contribution >= 0.6 is 12.2 Å². The van der Waals surface area contributed by atoms with Gasteiger partial charge in [-0.1, -0.05) is 18.6 Å².